The van der Waals surface area contributed by atoms with E-state index < -0.39 is 0 Å². The fraction of sp³-hybridized carbons (Fsp3) is 0.600. The number of aromatic nitrogens is 2. The number of nitrogens with zero attached hydrogens (tertiary/aromatic N) is 2. The van der Waals surface area contributed by atoms with Crippen molar-refractivity contribution in [3.63, 3.8) is 0 Å². The van der Waals surface area contributed by atoms with E-state index in [1.807, 2.05) is 0 Å². The predicted molar refractivity (Wildman–Crippen MR) is 59.6 cm³/mol. The number of nitrogens with two attached hydrogens (primary N) is 1. The van der Waals surface area contributed by atoms with Crippen LogP contribution < -0.4 is 11.1 Å². The van der Waals surface area contributed by atoms with Gasteiger partial charge in [-0.25, -0.2) is 4.98 Å². The smallest absolute Gasteiger partial charge is 0.239 e. The first-order chi connectivity index (χ1) is 7.77. The maximum atomic E-state index is 11.5. The van der Waals surface area contributed by atoms with Crippen LogP contribution in [0, 0.1) is 0 Å². The fourth-order valence-electron chi connectivity index (χ4n) is 1.33. The summed E-state index contributed by atoms with van der Waals surface area (Å²) in [7, 11) is 1.64. The van der Waals surface area contributed by atoms with E-state index in [9.17, 15) is 4.79 Å². The van der Waals surface area contributed by atoms with Gasteiger partial charge in [0.1, 0.15) is 12.4 Å². The van der Waals surface area contributed by atoms with Crippen molar-refractivity contribution in [2.24, 2.45) is 5.73 Å². The molecule has 0 fully saturated rings. The van der Waals surface area contributed by atoms with E-state index in [1.165, 1.54) is 0 Å². The van der Waals surface area contributed by atoms with Crippen LogP contribution in [0.25, 0.3) is 0 Å². The summed E-state index contributed by atoms with van der Waals surface area (Å²) in [4.78, 5) is 15.5. The number of hydrogen-bond acceptors (Lipinski definition) is 4. The Balaban J connectivity index is 2.28. The van der Waals surface area contributed by atoms with Crippen LogP contribution in [0.2, 0.25) is 0 Å². The highest BCUT2D eigenvalue weighted by Crippen LogP contribution is 1.95. The van der Waals surface area contributed by atoms with Crippen molar-refractivity contribution >= 4 is 5.91 Å². The Hall–Kier alpha value is -1.40. The van der Waals surface area contributed by atoms with Crippen LogP contribution in [0.4, 0.5) is 0 Å². The van der Waals surface area contributed by atoms with E-state index in [0.29, 0.717) is 25.5 Å². The molecular weight excluding hydrogens is 208 g/mol. The molecular formula is C10H18N4O2. The number of ether oxygens (including phenoxy) is 1. The minimum atomic E-state index is -0.0381. The van der Waals surface area contributed by atoms with Gasteiger partial charge in [-0.05, 0) is 6.42 Å². The molecule has 0 radical (unpaired) electrons. The number of imidazole rings is 1. The Labute approximate surface area is 94.8 Å². The second-order valence-corrected chi connectivity index (χ2v) is 3.37. The molecule has 1 aromatic heterocycles. The molecule has 0 aliphatic heterocycles. The highest BCUT2D eigenvalue weighted by atomic mass is 16.5. The van der Waals surface area contributed by atoms with Gasteiger partial charge >= 0.3 is 0 Å². The lowest BCUT2D eigenvalue weighted by atomic mass is 10.4. The standard InChI is InChI=1S/C10H18N4O2/c1-16-6-2-3-13-10(15)8-14-5-4-12-9(14)7-11/h4-5H,2-3,6-8,11H2,1H3,(H,13,15). The lowest BCUT2D eigenvalue weighted by molar-refractivity contribution is -0.121. The zero-order valence-electron chi connectivity index (χ0n) is 9.48. The van der Waals surface area contributed by atoms with Gasteiger partial charge in [-0.2, -0.15) is 0 Å². The molecule has 0 aliphatic carbocycles. The predicted octanol–water partition coefficient (Wildman–Crippen LogP) is -0.505. The number of carbonyl (C=O) groups excluding carboxylic acids is 1. The van der Waals surface area contributed by atoms with Gasteiger partial charge in [0.2, 0.25) is 5.91 Å². The molecule has 90 valence electrons. The molecule has 16 heavy (non-hydrogen) atoms. The SMILES string of the molecule is COCCCNC(=O)Cn1ccnc1CN. The van der Waals surface area contributed by atoms with E-state index in [2.05, 4.69) is 10.3 Å². The largest absolute Gasteiger partial charge is 0.385 e. The number of amides is 1. The molecule has 0 atom stereocenters. The van der Waals surface area contributed by atoms with Crippen molar-refractivity contribution in [2.45, 2.75) is 19.5 Å². The van der Waals surface area contributed by atoms with Crippen LogP contribution in [0.5, 0.6) is 0 Å². The monoisotopic (exact) mass is 226 g/mol. The topological polar surface area (TPSA) is 82.2 Å². The Kier molecular flexibility index (Phi) is 5.52. The molecule has 0 saturated heterocycles. The molecule has 1 heterocycles. The van der Waals surface area contributed by atoms with Gasteiger partial charge in [-0.15, -0.1) is 0 Å². The average molecular weight is 226 g/mol. The second kappa shape index (κ2) is 6.97. The average Bonchev–Trinajstić information content (AvgIpc) is 2.71. The van der Waals surface area contributed by atoms with Gasteiger partial charge in [0, 0.05) is 32.7 Å². The first-order valence-electron chi connectivity index (χ1n) is 5.23. The van der Waals surface area contributed by atoms with Gasteiger partial charge in [-0.1, -0.05) is 0 Å². The summed E-state index contributed by atoms with van der Waals surface area (Å²) in [6.07, 6.45) is 4.20. The minimum absolute atomic E-state index is 0.0381. The van der Waals surface area contributed by atoms with Crippen LogP contribution in [0.15, 0.2) is 12.4 Å². The molecule has 1 amide bonds. The van der Waals surface area contributed by atoms with E-state index in [1.54, 1.807) is 24.1 Å². The molecule has 0 bridgehead atoms. The first kappa shape index (κ1) is 12.7. The normalized spacial score (nSPS) is 10.4. The molecule has 0 saturated carbocycles. The third-order valence-electron chi connectivity index (χ3n) is 2.15. The van der Waals surface area contributed by atoms with Crippen molar-refractivity contribution in [3.05, 3.63) is 18.2 Å². The lowest BCUT2D eigenvalue weighted by Gasteiger charge is -2.07. The Morgan fingerprint density at radius 2 is 2.50 bits per heavy atom. The van der Waals surface area contributed by atoms with Crippen LogP contribution in [0.3, 0.4) is 0 Å². The summed E-state index contributed by atoms with van der Waals surface area (Å²) in [6.45, 7) is 1.88. The zero-order chi connectivity index (χ0) is 11.8. The quantitative estimate of drug-likeness (QED) is 0.614. The fourth-order valence-corrected chi connectivity index (χ4v) is 1.33. The van der Waals surface area contributed by atoms with Crippen molar-refractivity contribution in [1.82, 2.24) is 14.9 Å². The summed E-state index contributed by atoms with van der Waals surface area (Å²) in [5.74, 6) is 0.677. The highest BCUT2D eigenvalue weighted by molar-refractivity contribution is 5.75. The van der Waals surface area contributed by atoms with Crippen LogP contribution in [-0.4, -0.2) is 35.7 Å². The highest BCUT2D eigenvalue weighted by Gasteiger charge is 2.05. The number of carbonyl (C=O) groups is 1. The first-order valence-corrected chi connectivity index (χ1v) is 5.23. The Morgan fingerprint density at radius 3 is 3.19 bits per heavy atom. The third-order valence-corrected chi connectivity index (χ3v) is 2.15. The summed E-state index contributed by atoms with van der Waals surface area (Å²) < 4.78 is 6.62. The van der Waals surface area contributed by atoms with Crippen LogP contribution in [0.1, 0.15) is 12.2 Å². The number of methoxy groups -OCH3 is 1. The molecule has 1 rings (SSSR count). The molecule has 0 spiro atoms. The Morgan fingerprint density at radius 1 is 1.69 bits per heavy atom. The molecule has 1 aromatic rings. The number of rotatable bonds is 7. The van der Waals surface area contributed by atoms with Crippen molar-refractivity contribution < 1.29 is 9.53 Å². The van der Waals surface area contributed by atoms with Crippen molar-refractivity contribution in [1.29, 1.82) is 0 Å². The maximum absolute atomic E-state index is 11.5. The summed E-state index contributed by atoms with van der Waals surface area (Å²) >= 11 is 0. The van der Waals surface area contributed by atoms with Crippen molar-refractivity contribution in [3.8, 4) is 0 Å². The van der Waals surface area contributed by atoms with E-state index >= 15 is 0 Å². The molecule has 0 aromatic carbocycles. The van der Waals surface area contributed by atoms with Crippen molar-refractivity contribution in [2.75, 3.05) is 20.3 Å². The number of nitrogens with one attached hydrogen (secondary N) is 1. The second-order valence-electron chi connectivity index (χ2n) is 3.37. The van der Waals surface area contributed by atoms with E-state index in [-0.39, 0.29) is 12.5 Å². The van der Waals surface area contributed by atoms with E-state index in [4.69, 9.17) is 10.5 Å². The number of hydrogen-bond donors (Lipinski definition) is 2. The molecule has 6 nitrogen and oxygen atoms in total. The van der Waals surface area contributed by atoms with Crippen LogP contribution >= 0.6 is 0 Å². The molecule has 0 aliphatic rings. The Bertz CT molecular complexity index is 324. The lowest BCUT2D eigenvalue weighted by Crippen LogP contribution is -2.29. The minimum Gasteiger partial charge on any atom is -0.385 e. The molecule has 3 N–H and O–H groups in total. The van der Waals surface area contributed by atoms with Gasteiger partial charge in [0.15, 0.2) is 0 Å². The molecule has 6 heteroatoms. The van der Waals surface area contributed by atoms with Gasteiger partial charge in [0.05, 0.1) is 6.54 Å². The maximum Gasteiger partial charge on any atom is 0.239 e. The molecule has 0 unspecified atom stereocenters. The summed E-state index contributed by atoms with van der Waals surface area (Å²) in [5.41, 5.74) is 5.48. The summed E-state index contributed by atoms with van der Waals surface area (Å²) in [6, 6.07) is 0. The zero-order valence-corrected chi connectivity index (χ0v) is 9.48. The van der Waals surface area contributed by atoms with Gasteiger partial charge < -0.3 is 20.4 Å². The van der Waals surface area contributed by atoms with Gasteiger partial charge in [-0.3, -0.25) is 4.79 Å². The van der Waals surface area contributed by atoms with E-state index in [0.717, 1.165) is 6.42 Å². The third kappa shape index (κ3) is 4.00. The summed E-state index contributed by atoms with van der Waals surface area (Å²) in [5, 5.41) is 2.80. The van der Waals surface area contributed by atoms with Gasteiger partial charge in [0.25, 0.3) is 0 Å². The van der Waals surface area contributed by atoms with Crippen LogP contribution in [-0.2, 0) is 22.6 Å².